The minimum atomic E-state index is -2.35. The van der Waals surface area contributed by atoms with Gasteiger partial charge in [0.15, 0.2) is 0 Å². The van der Waals surface area contributed by atoms with Crippen molar-refractivity contribution in [2.45, 2.75) is 44.8 Å². The largest absolute Gasteiger partial charge is 0.376 e. The van der Waals surface area contributed by atoms with E-state index in [2.05, 4.69) is 5.32 Å². The van der Waals surface area contributed by atoms with Gasteiger partial charge < -0.3 is 10.1 Å². The van der Waals surface area contributed by atoms with Crippen LogP contribution in [0.15, 0.2) is 0 Å². The van der Waals surface area contributed by atoms with E-state index in [4.69, 9.17) is 4.74 Å². The van der Waals surface area contributed by atoms with Gasteiger partial charge >= 0.3 is 0 Å². The Morgan fingerprint density at radius 3 is 2.69 bits per heavy atom. The van der Waals surface area contributed by atoms with E-state index >= 15 is 0 Å². The van der Waals surface area contributed by atoms with E-state index in [1.807, 2.05) is 6.92 Å². The molecule has 1 aliphatic rings. The van der Waals surface area contributed by atoms with Crippen LogP contribution in [0, 0.1) is 0 Å². The second-order valence-corrected chi connectivity index (χ2v) is 3.53. The summed E-state index contributed by atoms with van der Waals surface area (Å²) in [6.07, 6.45) is -1.47. The van der Waals surface area contributed by atoms with E-state index in [1.165, 1.54) is 0 Å². The third kappa shape index (κ3) is 1.99. The number of halogens is 2. The van der Waals surface area contributed by atoms with Crippen LogP contribution in [-0.2, 0) is 4.74 Å². The van der Waals surface area contributed by atoms with Gasteiger partial charge in [0.25, 0.3) is 6.43 Å². The molecule has 2 atom stereocenters. The zero-order valence-corrected chi connectivity index (χ0v) is 8.15. The number of ether oxygens (including phenoxy) is 1. The van der Waals surface area contributed by atoms with Crippen molar-refractivity contribution in [2.75, 3.05) is 13.2 Å². The van der Waals surface area contributed by atoms with E-state index in [9.17, 15) is 8.78 Å². The molecule has 0 saturated carbocycles. The van der Waals surface area contributed by atoms with Gasteiger partial charge in [0.2, 0.25) is 0 Å². The summed E-state index contributed by atoms with van der Waals surface area (Å²) in [5.41, 5.74) is -1.10. The summed E-state index contributed by atoms with van der Waals surface area (Å²) in [5, 5.41) is 2.92. The number of alkyl halides is 2. The Morgan fingerprint density at radius 2 is 2.31 bits per heavy atom. The minimum Gasteiger partial charge on any atom is -0.376 e. The molecule has 2 nitrogen and oxygen atoms in total. The molecule has 0 aromatic carbocycles. The quantitative estimate of drug-likeness (QED) is 0.735. The van der Waals surface area contributed by atoms with Crippen LogP contribution in [0.25, 0.3) is 0 Å². The molecule has 0 aliphatic carbocycles. The van der Waals surface area contributed by atoms with Crippen LogP contribution in [0.5, 0.6) is 0 Å². The van der Waals surface area contributed by atoms with Gasteiger partial charge in [0, 0.05) is 6.61 Å². The van der Waals surface area contributed by atoms with Crippen molar-refractivity contribution >= 4 is 0 Å². The number of nitrogens with one attached hydrogen (secondary N) is 1. The molecule has 1 saturated heterocycles. The van der Waals surface area contributed by atoms with Crippen molar-refractivity contribution in [3.05, 3.63) is 0 Å². The summed E-state index contributed by atoms with van der Waals surface area (Å²) in [4.78, 5) is 0. The van der Waals surface area contributed by atoms with Crippen LogP contribution in [0.2, 0.25) is 0 Å². The fraction of sp³-hybridized carbons (Fsp3) is 1.00. The molecule has 1 heterocycles. The highest BCUT2D eigenvalue weighted by Gasteiger charge is 2.48. The molecule has 0 bridgehead atoms. The second kappa shape index (κ2) is 4.33. The second-order valence-electron chi connectivity index (χ2n) is 3.53. The third-order valence-electron chi connectivity index (χ3n) is 2.70. The molecule has 0 aromatic rings. The lowest BCUT2D eigenvalue weighted by molar-refractivity contribution is -0.0160. The summed E-state index contributed by atoms with van der Waals surface area (Å²) in [6, 6.07) is 0. The summed E-state index contributed by atoms with van der Waals surface area (Å²) in [6.45, 7) is 4.73. The van der Waals surface area contributed by atoms with Crippen LogP contribution in [0.3, 0.4) is 0 Å². The third-order valence-corrected chi connectivity index (χ3v) is 2.70. The summed E-state index contributed by atoms with van der Waals surface area (Å²) >= 11 is 0. The van der Waals surface area contributed by atoms with Crippen LogP contribution in [0.1, 0.15) is 26.7 Å². The fourth-order valence-corrected chi connectivity index (χ4v) is 1.71. The number of hydrogen-bond acceptors (Lipinski definition) is 2. The number of hydrogen-bond donors (Lipinski definition) is 1. The molecule has 13 heavy (non-hydrogen) atoms. The molecule has 0 radical (unpaired) electrons. The lowest BCUT2D eigenvalue weighted by atomic mass is 9.92. The zero-order chi connectivity index (χ0) is 9.90. The Kier molecular flexibility index (Phi) is 3.62. The summed E-state index contributed by atoms with van der Waals surface area (Å²) in [5.74, 6) is 0. The van der Waals surface area contributed by atoms with Crippen LogP contribution >= 0.6 is 0 Å². The fourth-order valence-electron chi connectivity index (χ4n) is 1.71. The Balaban J connectivity index is 2.63. The van der Waals surface area contributed by atoms with Gasteiger partial charge in [-0.15, -0.1) is 0 Å². The van der Waals surface area contributed by atoms with Gasteiger partial charge in [-0.05, 0) is 26.3 Å². The highest BCUT2D eigenvalue weighted by Crippen LogP contribution is 2.31. The smallest absolute Gasteiger partial charge is 0.259 e. The molecule has 1 N–H and O–H groups in total. The first-order chi connectivity index (χ1) is 6.13. The van der Waals surface area contributed by atoms with Crippen molar-refractivity contribution in [1.82, 2.24) is 5.32 Å². The average molecular weight is 193 g/mol. The van der Waals surface area contributed by atoms with Crippen molar-refractivity contribution in [3.8, 4) is 0 Å². The van der Waals surface area contributed by atoms with Crippen molar-refractivity contribution in [1.29, 1.82) is 0 Å². The zero-order valence-electron chi connectivity index (χ0n) is 8.15. The van der Waals surface area contributed by atoms with Gasteiger partial charge in [0.05, 0.1) is 6.10 Å². The first-order valence-corrected chi connectivity index (χ1v) is 4.78. The molecule has 1 fully saturated rings. The molecular formula is C9H17F2NO. The Labute approximate surface area is 77.6 Å². The molecule has 0 aromatic heterocycles. The SMILES string of the molecule is CCCNC1(C(F)F)CCOC1C. The highest BCUT2D eigenvalue weighted by atomic mass is 19.3. The van der Waals surface area contributed by atoms with E-state index in [-0.39, 0.29) is 6.10 Å². The van der Waals surface area contributed by atoms with E-state index in [0.717, 1.165) is 6.42 Å². The summed E-state index contributed by atoms with van der Waals surface area (Å²) < 4.78 is 30.8. The molecule has 4 heteroatoms. The lowest BCUT2D eigenvalue weighted by Crippen LogP contribution is -2.56. The van der Waals surface area contributed by atoms with Gasteiger partial charge in [0.1, 0.15) is 5.54 Å². The predicted octanol–water partition coefficient (Wildman–Crippen LogP) is 1.80. The molecule has 1 aliphatic heterocycles. The standard InChI is InChI=1S/C9H17F2NO/c1-3-5-12-9(8(10)11)4-6-13-7(9)2/h7-8,12H,3-6H2,1-2H3. The van der Waals surface area contributed by atoms with Crippen molar-refractivity contribution < 1.29 is 13.5 Å². The number of rotatable bonds is 4. The Morgan fingerprint density at radius 1 is 1.62 bits per heavy atom. The maximum Gasteiger partial charge on any atom is 0.259 e. The van der Waals surface area contributed by atoms with Gasteiger partial charge in [-0.3, -0.25) is 0 Å². The lowest BCUT2D eigenvalue weighted by Gasteiger charge is -2.32. The Bertz CT molecular complexity index is 166. The van der Waals surface area contributed by atoms with Gasteiger partial charge in [-0.1, -0.05) is 6.92 Å². The minimum absolute atomic E-state index is 0.390. The first kappa shape index (κ1) is 10.9. The van der Waals surface area contributed by atoms with Gasteiger partial charge in [-0.2, -0.15) is 0 Å². The summed E-state index contributed by atoms with van der Waals surface area (Å²) in [7, 11) is 0. The predicted molar refractivity (Wildman–Crippen MR) is 47.1 cm³/mol. The Hall–Kier alpha value is -0.220. The van der Waals surface area contributed by atoms with Crippen LogP contribution < -0.4 is 5.32 Å². The molecule has 1 rings (SSSR count). The normalized spacial score (nSPS) is 34.4. The molecular weight excluding hydrogens is 176 g/mol. The van der Waals surface area contributed by atoms with Gasteiger partial charge in [-0.25, -0.2) is 8.78 Å². The molecule has 0 amide bonds. The average Bonchev–Trinajstić information content (AvgIpc) is 2.45. The monoisotopic (exact) mass is 193 g/mol. The van der Waals surface area contributed by atoms with E-state index < -0.39 is 12.0 Å². The van der Waals surface area contributed by atoms with E-state index in [0.29, 0.717) is 19.6 Å². The highest BCUT2D eigenvalue weighted by molar-refractivity contribution is 4.99. The van der Waals surface area contributed by atoms with E-state index in [1.54, 1.807) is 6.92 Å². The molecule has 2 unspecified atom stereocenters. The maximum atomic E-state index is 12.8. The topological polar surface area (TPSA) is 21.3 Å². The van der Waals surface area contributed by atoms with Crippen molar-refractivity contribution in [2.24, 2.45) is 0 Å². The maximum absolute atomic E-state index is 12.8. The van der Waals surface area contributed by atoms with Crippen LogP contribution in [0.4, 0.5) is 8.78 Å². The van der Waals surface area contributed by atoms with Crippen molar-refractivity contribution in [3.63, 3.8) is 0 Å². The van der Waals surface area contributed by atoms with Crippen LogP contribution in [-0.4, -0.2) is 31.2 Å². The first-order valence-electron chi connectivity index (χ1n) is 4.78. The molecule has 0 spiro atoms. The molecule has 78 valence electrons.